The number of hydrogen-bond donors (Lipinski definition) is 1. The van der Waals surface area contributed by atoms with Gasteiger partial charge in [-0.1, -0.05) is 22.0 Å². The molecule has 0 saturated heterocycles. The van der Waals surface area contributed by atoms with Crippen LogP contribution in [0.1, 0.15) is 28.4 Å². The average molecular weight is 470 g/mol. The maximum atomic E-state index is 14.9. The van der Waals surface area contributed by atoms with E-state index in [-0.39, 0.29) is 17.4 Å². The second-order valence-electron chi connectivity index (χ2n) is 7.22. The van der Waals surface area contributed by atoms with Crippen LogP contribution in [-0.2, 0) is 0 Å². The van der Waals surface area contributed by atoms with Gasteiger partial charge in [0.1, 0.15) is 22.9 Å². The van der Waals surface area contributed by atoms with Crippen molar-refractivity contribution in [1.29, 1.82) is 0 Å². The molecule has 1 aliphatic rings. The minimum absolute atomic E-state index is 0.0308. The van der Waals surface area contributed by atoms with Crippen LogP contribution in [0.25, 0.3) is 16.6 Å². The zero-order valence-electron chi connectivity index (χ0n) is 16.0. The van der Waals surface area contributed by atoms with Crippen LogP contribution in [0.5, 0.6) is 5.75 Å². The molecule has 0 fully saturated rings. The molecule has 0 bridgehead atoms. The van der Waals surface area contributed by atoms with E-state index in [2.05, 4.69) is 25.9 Å². The Hall–Kier alpha value is -3.20. The average Bonchev–Trinajstić information content (AvgIpc) is 3.22. The molecule has 0 spiro atoms. The fraction of sp³-hybridized carbons (Fsp3) is 0.190. The molecule has 2 N–H and O–H groups in total. The summed E-state index contributed by atoms with van der Waals surface area (Å²) in [6, 6.07) is 8.23. The van der Waals surface area contributed by atoms with Crippen LogP contribution < -0.4 is 10.5 Å². The van der Waals surface area contributed by atoms with Gasteiger partial charge < -0.3 is 15.4 Å². The second kappa shape index (κ2) is 6.94. The van der Waals surface area contributed by atoms with Crippen molar-refractivity contribution in [1.82, 2.24) is 19.3 Å². The van der Waals surface area contributed by atoms with Crippen molar-refractivity contribution in [2.24, 2.45) is 0 Å². The van der Waals surface area contributed by atoms with Gasteiger partial charge >= 0.3 is 0 Å². The van der Waals surface area contributed by atoms with Gasteiger partial charge in [-0.3, -0.25) is 9.20 Å². The first kappa shape index (κ1) is 18.8. The fourth-order valence-corrected chi connectivity index (χ4v) is 4.28. The lowest BCUT2D eigenvalue weighted by molar-refractivity contribution is 0.0682. The quantitative estimate of drug-likeness (QED) is 0.480. The third kappa shape index (κ3) is 2.88. The highest BCUT2D eigenvalue weighted by Gasteiger charge is 2.30. The molecular weight excluding hydrogens is 453 g/mol. The van der Waals surface area contributed by atoms with E-state index in [0.717, 1.165) is 15.8 Å². The van der Waals surface area contributed by atoms with E-state index in [1.165, 1.54) is 12.1 Å². The smallest absolute Gasteiger partial charge is 0.257 e. The summed E-state index contributed by atoms with van der Waals surface area (Å²) in [5.74, 6) is -0.0892. The van der Waals surface area contributed by atoms with Crippen LogP contribution in [0.3, 0.4) is 0 Å². The molecule has 9 heteroatoms. The molecule has 0 aliphatic carbocycles. The van der Waals surface area contributed by atoms with Crippen molar-refractivity contribution in [3.63, 3.8) is 0 Å². The summed E-state index contributed by atoms with van der Waals surface area (Å²) in [5, 5.41) is 0. The predicted molar refractivity (Wildman–Crippen MR) is 114 cm³/mol. The van der Waals surface area contributed by atoms with Crippen molar-refractivity contribution in [2.75, 3.05) is 19.4 Å². The highest BCUT2D eigenvalue weighted by atomic mass is 79.9. The molecule has 0 saturated carbocycles. The first-order valence-electron chi connectivity index (χ1n) is 9.34. The third-order valence-electron chi connectivity index (χ3n) is 5.47. The third-order valence-corrected chi connectivity index (χ3v) is 5.96. The molecule has 7 nitrogen and oxygen atoms in total. The normalized spacial score (nSPS) is 15.8. The van der Waals surface area contributed by atoms with E-state index in [4.69, 9.17) is 10.5 Å². The van der Waals surface area contributed by atoms with Gasteiger partial charge in [0.05, 0.1) is 41.8 Å². The lowest BCUT2D eigenvalue weighted by Crippen LogP contribution is -2.34. The summed E-state index contributed by atoms with van der Waals surface area (Å²) in [7, 11) is 1.68. The number of hydrogen-bond acceptors (Lipinski definition) is 5. The number of anilines is 1. The van der Waals surface area contributed by atoms with Gasteiger partial charge in [-0.2, -0.15) is 0 Å². The fourth-order valence-electron chi connectivity index (χ4n) is 3.94. The van der Waals surface area contributed by atoms with Gasteiger partial charge in [-0.15, -0.1) is 0 Å². The van der Waals surface area contributed by atoms with Crippen LogP contribution in [0, 0.1) is 5.82 Å². The van der Waals surface area contributed by atoms with Crippen LogP contribution in [0.15, 0.2) is 47.3 Å². The second-order valence-corrected chi connectivity index (χ2v) is 8.13. The molecule has 1 amide bonds. The van der Waals surface area contributed by atoms with Crippen LogP contribution in [-0.4, -0.2) is 38.8 Å². The first-order chi connectivity index (χ1) is 14.4. The zero-order chi connectivity index (χ0) is 21.0. The van der Waals surface area contributed by atoms with Gasteiger partial charge in [-0.25, -0.2) is 14.4 Å². The molecule has 0 unspecified atom stereocenters. The Morgan fingerprint density at radius 1 is 1.33 bits per heavy atom. The van der Waals surface area contributed by atoms with Gasteiger partial charge in [-0.05, 0) is 18.2 Å². The number of nitrogens with zero attached hydrogens (tertiary/aromatic N) is 4. The van der Waals surface area contributed by atoms with Crippen molar-refractivity contribution < 1.29 is 13.9 Å². The summed E-state index contributed by atoms with van der Waals surface area (Å²) < 4.78 is 23.2. The molecule has 3 heterocycles. The summed E-state index contributed by atoms with van der Waals surface area (Å²) in [6.07, 6.45) is 3.77. The topological polar surface area (TPSA) is 85.8 Å². The molecule has 5 rings (SSSR count). The summed E-state index contributed by atoms with van der Waals surface area (Å²) >= 11 is 3.43. The summed E-state index contributed by atoms with van der Waals surface area (Å²) in [6.45, 7) is 0.477. The molecule has 152 valence electrons. The van der Waals surface area contributed by atoms with Gasteiger partial charge in [0.15, 0.2) is 0 Å². The minimum atomic E-state index is -0.645. The standard InChI is InChI=1S/C21H17BrFN5O2/c1-27(16-4-5-30-19-6-11(22)2-3-12(16)19)21(29)13-7-17-15(8-14(13)23)26-20(24)18-9-25-10-28(17)18/h2-3,6-10,16H,4-5H2,1H3,(H2,24,26)/t16-/m1/s1. The Kier molecular flexibility index (Phi) is 4.35. The molecular formula is C21H17BrFN5O2. The number of nitrogens with two attached hydrogens (primary N) is 1. The molecule has 4 aromatic rings. The van der Waals surface area contributed by atoms with E-state index in [0.29, 0.717) is 29.6 Å². The largest absolute Gasteiger partial charge is 0.493 e. The zero-order valence-corrected chi connectivity index (χ0v) is 17.6. The number of aromatic nitrogens is 3. The molecule has 0 radical (unpaired) electrons. The number of imidazole rings is 1. The maximum absolute atomic E-state index is 14.9. The van der Waals surface area contributed by atoms with E-state index >= 15 is 0 Å². The number of benzene rings is 2. The highest BCUT2D eigenvalue weighted by molar-refractivity contribution is 9.10. The Labute approximate surface area is 179 Å². The van der Waals surface area contributed by atoms with Crippen molar-refractivity contribution in [3.05, 3.63) is 64.3 Å². The number of halogens is 2. The lowest BCUT2D eigenvalue weighted by atomic mass is 9.98. The number of nitrogen functional groups attached to an aromatic ring is 1. The maximum Gasteiger partial charge on any atom is 0.257 e. The predicted octanol–water partition coefficient (Wildman–Crippen LogP) is 3.96. The first-order valence-corrected chi connectivity index (χ1v) is 10.1. The molecule has 1 aliphatic heterocycles. The van der Waals surface area contributed by atoms with E-state index in [9.17, 15) is 9.18 Å². The minimum Gasteiger partial charge on any atom is -0.493 e. The van der Waals surface area contributed by atoms with Gasteiger partial charge in [0.2, 0.25) is 0 Å². The van der Waals surface area contributed by atoms with E-state index in [1.54, 1.807) is 28.9 Å². The Balaban J connectivity index is 1.58. The number of fused-ring (bicyclic) bond motifs is 4. The number of carbonyl (C=O) groups excluding carboxylic acids is 1. The number of amides is 1. The SMILES string of the molecule is CN(C(=O)c1cc2c(cc1F)nc(N)c1cncn12)[C@@H]1CCOc2cc(Br)ccc21. The Bertz CT molecular complexity index is 1320. The Morgan fingerprint density at radius 2 is 2.17 bits per heavy atom. The van der Waals surface area contributed by atoms with Crippen molar-refractivity contribution in [2.45, 2.75) is 12.5 Å². The molecule has 2 aromatic heterocycles. The number of carbonyl (C=O) groups is 1. The summed E-state index contributed by atoms with van der Waals surface area (Å²) in [4.78, 5) is 23.2. The van der Waals surface area contributed by atoms with Crippen LogP contribution in [0.4, 0.5) is 10.2 Å². The monoisotopic (exact) mass is 469 g/mol. The Morgan fingerprint density at radius 3 is 3.00 bits per heavy atom. The van der Waals surface area contributed by atoms with Crippen LogP contribution in [0.2, 0.25) is 0 Å². The van der Waals surface area contributed by atoms with Gasteiger partial charge in [0, 0.05) is 29.6 Å². The van der Waals surface area contributed by atoms with Crippen molar-refractivity contribution >= 4 is 44.2 Å². The lowest BCUT2D eigenvalue weighted by Gasteiger charge is -2.33. The van der Waals surface area contributed by atoms with E-state index in [1.807, 2.05) is 18.2 Å². The number of ether oxygens (including phenoxy) is 1. The molecule has 2 aromatic carbocycles. The highest BCUT2D eigenvalue weighted by Crippen LogP contribution is 2.38. The van der Waals surface area contributed by atoms with Gasteiger partial charge in [0.25, 0.3) is 5.91 Å². The van der Waals surface area contributed by atoms with Crippen LogP contribution >= 0.6 is 15.9 Å². The number of rotatable bonds is 2. The summed E-state index contributed by atoms with van der Waals surface area (Å²) in [5.41, 5.74) is 8.32. The molecule has 1 atom stereocenters. The van der Waals surface area contributed by atoms with E-state index < -0.39 is 11.7 Å². The molecule has 30 heavy (non-hydrogen) atoms. The van der Waals surface area contributed by atoms with Crippen molar-refractivity contribution in [3.8, 4) is 5.75 Å².